The molecule has 0 aliphatic heterocycles. The molecule has 188 valence electrons. The number of hydrogen-bond acceptors (Lipinski definition) is 5. The van der Waals surface area contributed by atoms with Crippen molar-refractivity contribution in [3.8, 4) is 22.6 Å². The molecule has 2 fully saturated rings. The maximum absolute atomic E-state index is 12.9. The van der Waals surface area contributed by atoms with E-state index < -0.39 is 10.1 Å². The molecule has 2 aliphatic carbocycles. The van der Waals surface area contributed by atoms with Crippen LogP contribution >= 0.6 is 9.24 Å². The summed E-state index contributed by atoms with van der Waals surface area (Å²) in [5.74, 6) is 0.989. The Balaban J connectivity index is 0.00000216. The van der Waals surface area contributed by atoms with Crippen LogP contribution in [0.15, 0.2) is 29.2 Å². The molecule has 0 spiro atoms. The Kier molecular flexibility index (Phi) is 11.6. The van der Waals surface area contributed by atoms with Gasteiger partial charge in [-0.05, 0) is 54.0 Å². The van der Waals surface area contributed by atoms with Gasteiger partial charge in [-0.3, -0.25) is 0 Å². The van der Waals surface area contributed by atoms with Crippen LogP contribution in [0.4, 0.5) is 0 Å². The fourth-order valence-corrected chi connectivity index (χ4v) is 7.25. The van der Waals surface area contributed by atoms with Gasteiger partial charge in [0.1, 0.15) is 26.5 Å². The summed E-state index contributed by atoms with van der Waals surface area (Å²) in [5.41, 5.74) is 2.98. The second-order valence-corrected chi connectivity index (χ2v) is 11.2. The van der Waals surface area contributed by atoms with Gasteiger partial charge in [-0.25, -0.2) is 8.42 Å². The van der Waals surface area contributed by atoms with Crippen LogP contribution in [0.1, 0.15) is 87.2 Å². The van der Waals surface area contributed by atoms with Crippen molar-refractivity contribution in [3.63, 3.8) is 0 Å². The number of benzene rings is 2. The third-order valence-corrected chi connectivity index (χ3v) is 8.76. The minimum Gasteiger partial charge on any atom is -0.744 e. The molecule has 0 amide bonds. The molecule has 4 rings (SSSR count). The molecule has 0 saturated heterocycles. The molecule has 2 saturated carbocycles. The zero-order valence-corrected chi connectivity index (χ0v) is 25.0. The second kappa shape index (κ2) is 13.2. The Hall–Kier alpha value is -0.660. The van der Waals surface area contributed by atoms with Crippen LogP contribution in [0.2, 0.25) is 0 Å². The standard InChI is InChI=1S/C26H35O5PS.Na.H2O/c1-30-24-21(17-11-5-3-6-12-17)22(18-13-7-4-8-14-18)26(33(27,28)29)25(31-2)23(24)19-15-9-10-16-20(19)32;;/h9-10,15-18H,3-8,11-14,32H2,1-2H3,(H,27,28,29);;1H2/q;+1;/p-1. The molecule has 6 nitrogen and oxygen atoms in total. The summed E-state index contributed by atoms with van der Waals surface area (Å²) < 4.78 is 50.5. The summed E-state index contributed by atoms with van der Waals surface area (Å²) in [5, 5.41) is 0.892. The van der Waals surface area contributed by atoms with Crippen LogP contribution < -0.4 is 44.3 Å². The predicted molar refractivity (Wildman–Crippen MR) is 138 cm³/mol. The van der Waals surface area contributed by atoms with Crippen molar-refractivity contribution in [3.05, 3.63) is 35.4 Å². The largest absolute Gasteiger partial charge is 1.00 e. The van der Waals surface area contributed by atoms with Gasteiger partial charge in [-0.1, -0.05) is 62.8 Å². The fraction of sp³-hybridized carbons (Fsp3) is 0.538. The summed E-state index contributed by atoms with van der Waals surface area (Å²) in [6.45, 7) is 0. The Morgan fingerprint density at radius 2 is 1.31 bits per heavy atom. The molecule has 0 heterocycles. The van der Waals surface area contributed by atoms with Crippen LogP contribution in [-0.4, -0.2) is 32.7 Å². The van der Waals surface area contributed by atoms with Crippen LogP contribution in [0.25, 0.3) is 11.1 Å². The monoisotopic (exact) mass is 530 g/mol. The van der Waals surface area contributed by atoms with Crippen molar-refractivity contribution in [2.24, 2.45) is 0 Å². The molecule has 2 N–H and O–H groups in total. The van der Waals surface area contributed by atoms with Gasteiger partial charge in [-0.15, -0.1) is 9.24 Å². The molecular formula is C26H36NaO6PS. The van der Waals surface area contributed by atoms with Gasteiger partial charge in [0, 0.05) is 5.56 Å². The molecule has 9 heteroatoms. The Morgan fingerprint density at radius 3 is 1.77 bits per heavy atom. The Bertz CT molecular complexity index is 1110. The molecule has 1 atom stereocenters. The van der Waals surface area contributed by atoms with Gasteiger partial charge < -0.3 is 19.5 Å². The average Bonchev–Trinajstić information content (AvgIpc) is 2.83. The van der Waals surface area contributed by atoms with Crippen LogP contribution in [0, 0.1) is 0 Å². The summed E-state index contributed by atoms with van der Waals surface area (Å²) in [4.78, 5) is -0.165. The third-order valence-electron chi connectivity index (χ3n) is 7.35. The van der Waals surface area contributed by atoms with Crippen LogP contribution in [0.5, 0.6) is 11.5 Å². The number of hydrogen-bond donors (Lipinski definition) is 0. The molecule has 2 aromatic rings. The van der Waals surface area contributed by atoms with Gasteiger partial charge >= 0.3 is 29.6 Å². The maximum atomic E-state index is 12.9. The molecule has 1 unspecified atom stereocenters. The topological polar surface area (TPSA) is 107 Å². The third kappa shape index (κ3) is 6.26. The minimum atomic E-state index is -4.79. The molecule has 2 aromatic carbocycles. The molecule has 35 heavy (non-hydrogen) atoms. The predicted octanol–water partition coefficient (Wildman–Crippen LogP) is 2.05. The SMILES string of the molecule is COc1c(-c2ccccc2P)c(OC)c(S(=O)(=O)[O-])c(C2CCCCC2)c1C1CCCCC1.O.[Na+]. The Morgan fingerprint density at radius 1 is 0.829 bits per heavy atom. The molecule has 0 aromatic heterocycles. The average molecular weight is 531 g/mol. The number of rotatable bonds is 6. The van der Waals surface area contributed by atoms with Gasteiger partial charge in [0.25, 0.3) is 0 Å². The van der Waals surface area contributed by atoms with Gasteiger partial charge in [0.05, 0.1) is 19.8 Å². The van der Waals surface area contributed by atoms with E-state index in [1.807, 2.05) is 24.3 Å². The number of methoxy groups -OCH3 is 2. The summed E-state index contributed by atoms with van der Waals surface area (Å²) in [6.07, 6.45) is 10.3. The second-order valence-electron chi connectivity index (χ2n) is 9.31. The maximum Gasteiger partial charge on any atom is 1.00 e. The summed E-state index contributed by atoms with van der Waals surface area (Å²) in [6, 6.07) is 7.70. The van der Waals surface area contributed by atoms with Crippen molar-refractivity contribution < 1.29 is 57.5 Å². The zero-order valence-electron chi connectivity index (χ0n) is 21.1. The Labute approximate surface area is 234 Å². The first kappa shape index (κ1) is 30.6. The van der Waals surface area contributed by atoms with E-state index in [4.69, 9.17) is 9.47 Å². The van der Waals surface area contributed by atoms with E-state index in [1.165, 1.54) is 13.5 Å². The quantitative estimate of drug-likeness (QED) is 0.323. The molecule has 0 radical (unpaired) electrons. The molecule has 2 aliphatic rings. The van der Waals surface area contributed by atoms with Crippen LogP contribution in [0.3, 0.4) is 0 Å². The van der Waals surface area contributed by atoms with Gasteiger partial charge in [0.2, 0.25) is 0 Å². The van der Waals surface area contributed by atoms with E-state index in [1.54, 1.807) is 7.11 Å². The van der Waals surface area contributed by atoms with Crippen molar-refractivity contribution >= 4 is 24.7 Å². The van der Waals surface area contributed by atoms with E-state index in [9.17, 15) is 13.0 Å². The molecular weight excluding hydrogens is 494 g/mol. The minimum absolute atomic E-state index is 0. The molecule has 0 bridgehead atoms. The smallest absolute Gasteiger partial charge is 0.744 e. The van der Waals surface area contributed by atoms with E-state index >= 15 is 0 Å². The fourth-order valence-electron chi connectivity index (χ4n) is 5.94. The summed E-state index contributed by atoms with van der Waals surface area (Å²) >= 11 is 0. The van der Waals surface area contributed by atoms with Crippen molar-refractivity contribution in [2.45, 2.75) is 80.9 Å². The van der Waals surface area contributed by atoms with E-state index in [0.29, 0.717) is 16.9 Å². The van der Waals surface area contributed by atoms with Crippen molar-refractivity contribution in [1.82, 2.24) is 0 Å². The van der Waals surface area contributed by atoms with E-state index in [-0.39, 0.29) is 57.5 Å². The number of ether oxygens (including phenoxy) is 2. The van der Waals surface area contributed by atoms with Crippen LogP contribution in [-0.2, 0) is 10.1 Å². The van der Waals surface area contributed by atoms with Crippen molar-refractivity contribution in [1.29, 1.82) is 0 Å². The first-order valence-electron chi connectivity index (χ1n) is 12.0. The summed E-state index contributed by atoms with van der Waals surface area (Å²) in [7, 11) is 1.01. The van der Waals surface area contributed by atoms with Gasteiger partial charge in [-0.2, -0.15) is 0 Å². The van der Waals surface area contributed by atoms with Crippen molar-refractivity contribution in [2.75, 3.05) is 14.2 Å². The van der Waals surface area contributed by atoms with Gasteiger partial charge in [0.15, 0.2) is 0 Å². The normalized spacial score (nSPS) is 17.3. The first-order chi connectivity index (χ1) is 15.9. The zero-order chi connectivity index (χ0) is 23.6. The first-order valence-corrected chi connectivity index (χ1v) is 14.0. The van der Waals surface area contributed by atoms with E-state index in [2.05, 4.69) is 9.24 Å². The van der Waals surface area contributed by atoms with E-state index in [0.717, 1.165) is 74.2 Å².